The van der Waals surface area contributed by atoms with Crippen molar-refractivity contribution in [3.05, 3.63) is 17.8 Å². The molecule has 2 heterocycles. The predicted molar refractivity (Wildman–Crippen MR) is 78.2 cm³/mol. The largest absolute Gasteiger partial charge is 0.342 e. The molecule has 0 aromatic carbocycles. The summed E-state index contributed by atoms with van der Waals surface area (Å²) in [7, 11) is 0. The number of rotatable bonds is 2. The van der Waals surface area contributed by atoms with Crippen LogP contribution in [0.2, 0.25) is 0 Å². The average molecular weight is 260 g/mol. The standard InChI is InChI=1S/C15H24N4/c1-14(2,3)8-7-10-11-12(17-9-16-11)19-13(18-10)15(4,5)6/h9H,7-8H2,1-6H3,(H,16,17,18,19). The van der Waals surface area contributed by atoms with E-state index in [1.54, 1.807) is 6.33 Å². The Bertz CT molecular complexity index is 570. The van der Waals surface area contributed by atoms with Gasteiger partial charge in [-0.15, -0.1) is 0 Å². The second kappa shape index (κ2) is 4.58. The van der Waals surface area contributed by atoms with Crippen molar-refractivity contribution in [2.24, 2.45) is 5.41 Å². The lowest BCUT2D eigenvalue weighted by molar-refractivity contribution is 0.376. The minimum Gasteiger partial charge on any atom is -0.342 e. The SMILES string of the molecule is CC(C)(C)CCc1nc(C(C)(C)C)nc2nc[nH]c12. The second-order valence-corrected chi connectivity index (χ2v) is 7.41. The first-order chi connectivity index (χ1) is 8.67. The summed E-state index contributed by atoms with van der Waals surface area (Å²) in [6.07, 6.45) is 3.75. The highest BCUT2D eigenvalue weighted by Gasteiger charge is 2.21. The van der Waals surface area contributed by atoms with E-state index < -0.39 is 0 Å². The van der Waals surface area contributed by atoms with Crippen molar-refractivity contribution >= 4 is 11.2 Å². The van der Waals surface area contributed by atoms with Crippen molar-refractivity contribution in [1.29, 1.82) is 0 Å². The normalized spacial score (nSPS) is 13.2. The maximum Gasteiger partial charge on any atom is 0.181 e. The molecular weight excluding hydrogens is 236 g/mol. The van der Waals surface area contributed by atoms with Crippen molar-refractivity contribution in [3.8, 4) is 0 Å². The van der Waals surface area contributed by atoms with Crippen LogP contribution in [0.1, 0.15) is 59.5 Å². The molecular formula is C15H24N4. The quantitative estimate of drug-likeness (QED) is 0.897. The van der Waals surface area contributed by atoms with E-state index in [9.17, 15) is 0 Å². The van der Waals surface area contributed by atoms with Gasteiger partial charge >= 0.3 is 0 Å². The number of aryl methyl sites for hydroxylation is 1. The molecule has 0 aliphatic heterocycles. The Labute approximate surface area is 115 Å². The average Bonchev–Trinajstić information content (AvgIpc) is 2.71. The van der Waals surface area contributed by atoms with E-state index in [1.165, 1.54) is 0 Å². The van der Waals surface area contributed by atoms with E-state index in [1.807, 2.05) is 0 Å². The number of aromatic nitrogens is 4. The summed E-state index contributed by atoms with van der Waals surface area (Å²) in [5, 5.41) is 0. The lowest BCUT2D eigenvalue weighted by atomic mass is 9.89. The van der Waals surface area contributed by atoms with Crippen LogP contribution in [-0.4, -0.2) is 19.9 Å². The molecule has 1 N–H and O–H groups in total. The van der Waals surface area contributed by atoms with Crippen molar-refractivity contribution in [2.75, 3.05) is 0 Å². The van der Waals surface area contributed by atoms with E-state index in [4.69, 9.17) is 4.98 Å². The molecule has 4 nitrogen and oxygen atoms in total. The molecule has 0 spiro atoms. The number of nitrogens with zero attached hydrogens (tertiary/aromatic N) is 3. The molecule has 0 aliphatic carbocycles. The summed E-state index contributed by atoms with van der Waals surface area (Å²) in [5.74, 6) is 0.871. The minimum absolute atomic E-state index is 0.0520. The van der Waals surface area contributed by atoms with Crippen LogP contribution in [-0.2, 0) is 11.8 Å². The fraction of sp³-hybridized carbons (Fsp3) is 0.667. The van der Waals surface area contributed by atoms with Gasteiger partial charge in [0.1, 0.15) is 11.3 Å². The molecule has 2 rings (SSSR count). The van der Waals surface area contributed by atoms with Gasteiger partial charge in [0, 0.05) is 5.41 Å². The van der Waals surface area contributed by atoms with Crippen molar-refractivity contribution < 1.29 is 0 Å². The molecule has 2 aromatic heterocycles. The van der Waals surface area contributed by atoms with Gasteiger partial charge in [-0.05, 0) is 18.3 Å². The first kappa shape index (κ1) is 14.0. The summed E-state index contributed by atoms with van der Waals surface area (Å²) in [6.45, 7) is 13.2. The topological polar surface area (TPSA) is 54.5 Å². The Kier molecular flexibility index (Phi) is 3.37. The summed E-state index contributed by atoms with van der Waals surface area (Å²) in [5.41, 5.74) is 3.10. The van der Waals surface area contributed by atoms with Gasteiger partial charge in [-0.2, -0.15) is 0 Å². The number of fused-ring (bicyclic) bond motifs is 1. The minimum atomic E-state index is -0.0520. The number of imidazole rings is 1. The van der Waals surface area contributed by atoms with Gasteiger partial charge in [-0.1, -0.05) is 41.5 Å². The molecule has 0 amide bonds. The third-order valence-corrected chi connectivity index (χ3v) is 3.14. The number of nitrogens with one attached hydrogen (secondary N) is 1. The molecule has 4 heteroatoms. The van der Waals surface area contributed by atoms with Crippen molar-refractivity contribution in [1.82, 2.24) is 19.9 Å². The van der Waals surface area contributed by atoms with Gasteiger partial charge in [0.15, 0.2) is 5.65 Å². The highest BCUT2D eigenvalue weighted by molar-refractivity contribution is 5.72. The van der Waals surface area contributed by atoms with Gasteiger partial charge in [0.05, 0.1) is 12.0 Å². The van der Waals surface area contributed by atoms with Crippen LogP contribution in [0.5, 0.6) is 0 Å². The molecule has 0 aliphatic rings. The Hall–Kier alpha value is -1.45. The fourth-order valence-electron chi connectivity index (χ4n) is 1.90. The molecule has 19 heavy (non-hydrogen) atoms. The van der Waals surface area contributed by atoms with E-state index in [2.05, 4.69) is 56.5 Å². The summed E-state index contributed by atoms with van der Waals surface area (Å²) >= 11 is 0. The molecule has 104 valence electrons. The monoisotopic (exact) mass is 260 g/mol. The lowest BCUT2D eigenvalue weighted by Crippen LogP contribution is -2.18. The van der Waals surface area contributed by atoms with Crippen LogP contribution in [0.4, 0.5) is 0 Å². The Morgan fingerprint density at radius 1 is 1.05 bits per heavy atom. The first-order valence-corrected chi connectivity index (χ1v) is 6.87. The van der Waals surface area contributed by atoms with E-state index >= 15 is 0 Å². The van der Waals surface area contributed by atoms with Crippen LogP contribution in [0.25, 0.3) is 11.2 Å². The number of H-pyrrole nitrogens is 1. The fourth-order valence-corrected chi connectivity index (χ4v) is 1.90. The number of hydrogen-bond donors (Lipinski definition) is 1. The van der Waals surface area contributed by atoms with Gasteiger partial charge in [-0.3, -0.25) is 0 Å². The molecule has 0 saturated carbocycles. The Balaban J connectivity index is 2.43. The highest BCUT2D eigenvalue weighted by atomic mass is 15.0. The molecule has 0 atom stereocenters. The van der Waals surface area contributed by atoms with Gasteiger partial charge in [-0.25, -0.2) is 15.0 Å². The third-order valence-electron chi connectivity index (χ3n) is 3.14. The molecule has 2 aromatic rings. The second-order valence-electron chi connectivity index (χ2n) is 7.41. The zero-order valence-corrected chi connectivity index (χ0v) is 12.8. The Morgan fingerprint density at radius 2 is 1.74 bits per heavy atom. The molecule has 0 saturated heterocycles. The third kappa shape index (κ3) is 3.31. The van der Waals surface area contributed by atoms with Gasteiger partial charge in [0.25, 0.3) is 0 Å². The maximum absolute atomic E-state index is 4.77. The lowest BCUT2D eigenvalue weighted by Gasteiger charge is -2.20. The van der Waals surface area contributed by atoms with Crippen LogP contribution in [0.15, 0.2) is 6.33 Å². The van der Waals surface area contributed by atoms with Gasteiger partial charge in [0.2, 0.25) is 0 Å². The highest BCUT2D eigenvalue weighted by Crippen LogP contribution is 2.25. The van der Waals surface area contributed by atoms with E-state index in [0.29, 0.717) is 5.41 Å². The predicted octanol–water partition coefficient (Wildman–Crippen LogP) is 3.63. The van der Waals surface area contributed by atoms with Crippen LogP contribution in [0.3, 0.4) is 0 Å². The molecule has 0 radical (unpaired) electrons. The smallest absolute Gasteiger partial charge is 0.181 e. The van der Waals surface area contributed by atoms with Crippen molar-refractivity contribution in [3.63, 3.8) is 0 Å². The molecule has 0 unspecified atom stereocenters. The van der Waals surface area contributed by atoms with Gasteiger partial charge < -0.3 is 4.98 Å². The number of aromatic amines is 1. The van der Waals surface area contributed by atoms with Crippen LogP contribution in [0, 0.1) is 5.41 Å². The zero-order valence-electron chi connectivity index (χ0n) is 12.8. The number of hydrogen-bond acceptors (Lipinski definition) is 3. The first-order valence-electron chi connectivity index (χ1n) is 6.87. The molecule has 0 fully saturated rings. The van der Waals surface area contributed by atoms with Crippen LogP contribution >= 0.6 is 0 Å². The summed E-state index contributed by atoms with van der Waals surface area (Å²) < 4.78 is 0. The summed E-state index contributed by atoms with van der Waals surface area (Å²) in [6, 6.07) is 0. The van der Waals surface area contributed by atoms with Crippen molar-refractivity contribution in [2.45, 2.75) is 59.8 Å². The van der Waals surface area contributed by atoms with E-state index in [0.717, 1.165) is 35.5 Å². The Morgan fingerprint density at radius 3 is 2.32 bits per heavy atom. The maximum atomic E-state index is 4.77. The summed E-state index contributed by atoms with van der Waals surface area (Å²) in [4.78, 5) is 16.8. The van der Waals surface area contributed by atoms with Crippen LogP contribution < -0.4 is 0 Å². The molecule has 0 bridgehead atoms. The zero-order chi connectivity index (χ0) is 14.3. The van der Waals surface area contributed by atoms with E-state index in [-0.39, 0.29) is 5.41 Å².